The number of nitrogens with zero attached hydrogens (tertiary/aromatic N) is 1. The summed E-state index contributed by atoms with van der Waals surface area (Å²) < 4.78 is 46.7. The smallest absolute Gasteiger partial charge is 0.262 e. The van der Waals surface area contributed by atoms with Gasteiger partial charge < -0.3 is 14.2 Å². The molecule has 158 valence electrons. The van der Waals surface area contributed by atoms with Crippen molar-refractivity contribution in [1.29, 1.82) is 0 Å². The van der Waals surface area contributed by atoms with E-state index in [1.54, 1.807) is 30.1 Å². The van der Waals surface area contributed by atoms with E-state index in [4.69, 9.17) is 14.2 Å². The molecule has 2 aromatic carbocycles. The number of anilines is 1. The van der Waals surface area contributed by atoms with Gasteiger partial charge in [-0.2, -0.15) is 0 Å². The SMILES string of the molecule is COc1cc(OC)cc(S(=O)(=O)Nc2cc(SN3CCCCC3)ccc2OC)c1. The molecule has 1 heterocycles. The largest absolute Gasteiger partial charge is 0.497 e. The first-order valence-electron chi connectivity index (χ1n) is 9.32. The predicted molar refractivity (Wildman–Crippen MR) is 115 cm³/mol. The Bertz CT molecular complexity index is 922. The maximum Gasteiger partial charge on any atom is 0.262 e. The average Bonchev–Trinajstić information content (AvgIpc) is 2.74. The second-order valence-corrected chi connectivity index (χ2v) is 9.45. The third-order valence-corrected chi connectivity index (χ3v) is 7.03. The Morgan fingerprint density at radius 2 is 1.55 bits per heavy atom. The minimum absolute atomic E-state index is 0.0461. The van der Waals surface area contributed by atoms with Crippen molar-refractivity contribution < 1.29 is 22.6 Å². The Kier molecular flexibility index (Phi) is 7.15. The number of rotatable bonds is 8. The molecule has 1 saturated heterocycles. The van der Waals surface area contributed by atoms with Crippen LogP contribution in [-0.2, 0) is 10.0 Å². The predicted octanol–water partition coefficient (Wildman–Crippen LogP) is 4.01. The first-order valence-corrected chi connectivity index (χ1v) is 11.6. The Morgan fingerprint density at radius 3 is 2.14 bits per heavy atom. The topological polar surface area (TPSA) is 77.1 Å². The molecule has 0 unspecified atom stereocenters. The molecule has 0 amide bonds. The second-order valence-electron chi connectivity index (χ2n) is 6.60. The van der Waals surface area contributed by atoms with E-state index in [-0.39, 0.29) is 4.90 Å². The maximum absolute atomic E-state index is 13.0. The van der Waals surface area contributed by atoms with Gasteiger partial charge in [-0.15, -0.1) is 0 Å². The molecule has 0 saturated carbocycles. The number of hydrogen-bond donors (Lipinski definition) is 1. The molecule has 0 atom stereocenters. The lowest BCUT2D eigenvalue weighted by molar-refractivity contribution is 0.380. The van der Waals surface area contributed by atoms with Gasteiger partial charge in [0.25, 0.3) is 10.0 Å². The summed E-state index contributed by atoms with van der Waals surface area (Å²) in [6, 6.07) is 10.0. The molecule has 1 fully saturated rings. The van der Waals surface area contributed by atoms with E-state index in [2.05, 4.69) is 9.03 Å². The first kappa shape index (κ1) is 21.6. The molecule has 1 aliphatic heterocycles. The third-order valence-electron chi connectivity index (χ3n) is 4.60. The molecule has 0 spiro atoms. The minimum Gasteiger partial charge on any atom is -0.497 e. The molecule has 7 nitrogen and oxygen atoms in total. The molecular formula is C20H26N2O5S2. The van der Waals surface area contributed by atoms with Crippen molar-refractivity contribution >= 4 is 27.7 Å². The normalized spacial score (nSPS) is 15.0. The molecule has 0 bridgehead atoms. The van der Waals surface area contributed by atoms with Gasteiger partial charge in [0.1, 0.15) is 17.2 Å². The number of ether oxygens (including phenoxy) is 3. The van der Waals surface area contributed by atoms with Crippen LogP contribution in [0.3, 0.4) is 0 Å². The Labute approximate surface area is 176 Å². The Morgan fingerprint density at radius 1 is 0.897 bits per heavy atom. The molecule has 0 aromatic heterocycles. The van der Waals surface area contributed by atoms with Gasteiger partial charge in [0.05, 0.1) is 31.9 Å². The lowest BCUT2D eigenvalue weighted by atomic mass is 10.2. The van der Waals surface area contributed by atoms with Crippen LogP contribution in [0.15, 0.2) is 46.2 Å². The van der Waals surface area contributed by atoms with Crippen LogP contribution in [-0.4, -0.2) is 47.1 Å². The lowest BCUT2D eigenvalue weighted by Gasteiger charge is -2.25. The Balaban J connectivity index is 1.88. The van der Waals surface area contributed by atoms with Crippen molar-refractivity contribution in [1.82, 2.24) is 4.31 Å². The summed E-state index contributed by atoms with van der Waals surface area (Å²) in [5.74, 6) is 1.24. The standard InChI is InChI=1S/C20H26N2O5S2/c1-25-15-11-16(26-2)13-18(12-15)29(23,24)21-19-14-17(7-8-20(19)27-3)28-22-9-5-4-6-10-22/h7-8,11-14,21H,4-6,9-10H2,1-3H3. The van der Waals surface area contributed by atoms with Gasteiger partial charge in [-0.1, -0.05) is 6.42 Å². The van der Waals surface area contributed by atoms with Crippen molar-refractivity contribution in [3.05, 3.63) is 36.4 Å². The molecular weight excluding hydrogens is 412 g/mol. The van der Waals surface area contributed by atoms with Crippen molar-refractivity contribution in [2.24, 2.45) is 0 Å². The quantitative estimate of drug-likeness (QED) is 0.624. The van der Waals surface area contributed by atoms with Crippen LogP contribution in [0.25, 0.3) is 0 Å². The highest BCUT2D eigenvalue weighted by molar-refractivity contribution is 7.97. The van der Waals surface area contributed by atoms with Gasteiger partial charge in [-0.3, -0.25) is 4.72 Å². The molecule has 2 aromatic rings. The van der Waals surface area contributed by atoms with Gasteiger partial charge in [0.2, 0.25) is 0 Å². The van der Waals surface area contributed by atoms with Crippen LogP contribution in [0.5, 0.6) is 17.2 Å². The highest BCUT2D eigenvalue weighted by Gasteiger charge is 2.20. The molecule has 3 rings (SSSR count). The number of sulfonamides is 1. The zero-order valence-corrected chi connectivity index (χ0v) is 18.4. The second kappa shape index (κ2) is 9.60. The van der Waals surface area contributed by atoms with E-state index >= 15 is 0 Å². The van der Waals surface area contributed by atoms with Crippen LogP contribution in [0.1, 0.15) is 19.3 Å². The summed E-state index contributed by atoms with van der Waals surface area (Å²) >= 11 is 1.63. The third kappa shape index (κ3) is 5.49. The summed E-state index contributed by atoms with van der Waals surface area (Å²) in [6.07, 6.45) is 3.62. The van der Waals surface area contributed by atoms with Crippen molar-refractivity contribution in [2.45, 2.75) is 29.1 Å². The molecule has 9 heteroatoms. The van der Waals surface area contributed by atoms with Crippen molar-refractivity contribution in [3.8, 4) is 17.2 Å². The van der Waals surface area contributed by atoms with Gasteiger partial charge >= 0.3 is 0 Å². The van der Waals surface area contributed by atoms with Crippen LogP contribution in [0.2, 0.25) is 0 Å². The van der Waals surface area contributed by atoms with E-state index in [0.29, 0.717) is 22.9 Å². The average molecular weight is 439 g/mol. The summed E-state index contributed by atoms with van der Waals surface area (Å²) in [5.41, 5.74) is 0.385. The zero-order chi connectivity index (χ0) is 20.9. The fourth-order valence-electron chi connectivity index (χ4n) is 3.07. The van der Waals surface area contributed by atoms with Crippen LogP contribution >= 0.6 is 11.9 Å². The Hall–Kier alpha value is -2.10. The maximum atomic E-state index is 13.0. The molecule has 29 heavy (non-hydrogen) atoms. The molecule has 1 aliphatic rings. The van der Waals surface area contributed by atoms with Gasteiger partial charge in [0.15, 0.2) is 0 Å². The highest BCUT2D eigenvalue weighted by Crippen LogP contribution is 2.35. The number of piperidine rings is 1. The summed E-state index contributed by atoms with van der Waals surface area (Å²) in [4.78, 5) is 0.999. The van der Waals surface area contributed by atoms with E-state index in [1.165, 1.54) is 52.7 Å². The monoisotopic (exact) mass is 438 g/mol. The number of nitrogens with one attached hydrogen (secondary N) is 1. The van der Waals surface area contributed by atoms with Gasteiger partial charge in [-0.25, -0.2) is 12.7 Å². The van der Waals surface area contributed by atoms with Crippen molar-refractivity contribution in [3.63, 3.8) is 0 Å². The van der Waals surface area contributed by atoms with E-state index < -0.39 is 10.0 Å². The minimum atomic E-state index is -3.87. The van der Waals surface area contributed by atoms with Crippen LogP contribution in [0.4, 0.5) is 5.69 Å². The summed E-state index contributed by atoms with van der Waals surface area (Å²) in [7, 11) is 0.589. The fraction of sp³-hybridized carbons (Fsp3) is 0.400. The highest BCUT2D eigenvalue weighted by atomic mass is 32.2. The van der Waals surface area contributed by atoms with Crippen LogP contribution in [0, 0.1) is 0 Å². The number of benzene rings is 2. The summed E-state index contributed by atoms with van der Waals surface area (Å²) in [5, 5.41) is 0. The molecule has 0 radical (unpaired) electrons. The molecule has 1 N–H and O–H groups in total. The number of methoxy groups -OCH3 is 3. The van der Waals surface area contributed by atoms with E-state index in [9.17, 15) is 8.42 Å². The lowest BCUT2D eigenvalue weighted by Crippen LogP contribution is -2.22. The van der Waals surface area contributed by atoms with Gasteiger partial charge in [0, 0.05) is 36.2 Å². The van der Waals surface area contributed by atoms with Crippen molar-refractivity contribution in [2.75, 3.05) is 39.1 Å². The van der Waals surface area contributed by atoms with E-state index in [1.807, 2.05) is 6.07 Å². The zero-order valence-electron chi connectivity index (χ0n) is 16.8. The van der Waals surface area contributed by atoms with Crippen LogP contribution < -0.4 is 18.9 Å². The molecule has 0 aliphatic carbocycles. The van der Waals surface area contributed by atoms with E-state index in [0.717, 1.165) is 18.0 Å². The first-order chi connectivity index (χ1) is 13.9. The summed E-state index contributed by atoms with van der Waals surface area (Å²) in [6.45, 7) is 2.06. The van der Waals surface area contributed by atoms with Gasteiger partial charge in [-0.05, 0) is 43.0 Å². The number of hydrogen-bond acceptors (Lipinski definition) is 7. The fourth-order valence-corrected chi connectivity index (χ4v) is 5.22.